The molecule has 0 aliphatic heterocycles. The van der Waals surface area contributed by atoms with Crippen LogP contribution >= 0.6 is 0 Å². The standard InChI is InChI=1S/C11H10N2O2/c1-7(14)13-9-4-2-3-8-5-10(11(8)9)15-6-12/h2-4,10H,5H2,1H3,(H,13,14). The molecular weight excluding hydrogens is 192 g/mol. The molecule has 0 saturated heterocycles. The van der Waals surface area contributed by atoms with Crippen molar-refractivity contribution in [3.8, 4) is 6.26 Å². The Labute approximate surface area is 87.5 Å². The first-order valence-corrected chi connectivity index (χ1v) is 4.66. The summed E-state index contributed by atoms with van der Waals surface area (Å²) in [6.07, 6.45) is 2.21. The first-order chi connectivity index (χ1) is 7.22. The molecule has 0 heterocycles. The fourth-order valence-corrected chi connectivity index (χ4v) is 1.80. The van der Waals surface area contributed by atoms with E-state index in [0.717, 1.165) is 23.2 Å². The summed E-state index contributed by atoms with van der Waals surface area (Å²) in [5.41, 5.74) is 2.79. The Balaban J connectivity index is 2.29. The highest BCUT2D eigenvalue weighted by Crippen LogP contribution is 2.40. The maximum absolute atomic E-state index is 10.9. The van der Waals surface area contributed by atoms with E-state index in [-0.39, 0.29) is 12.0 Å². The van der Waals surface area contributed by atoms with Gasteiger partial charge in [-0.2, -0.15) is 5.26 Å². The van der Waals surface area contributed by atoms with Crippen LogP contribution in [0, 0.1) is 11.5 Å². The van der Waals surface area contributed by atoms with E-state index >= 15 is 0 Å². The van der Waals surface area contributed by atoms with E-state index in [2.05, 4.69) is 5.32 Å². The molecule has 4 nitrogen and oxygen atoms in total. The van der Waals surface area contributed by atoms with Crippen molar-refractivity contribution in [3.63, 3.8) is 0 Å². The molecule has 0 aromatic heterocycles. The number of carbonyl (C=O) groups is 1. The number of hydrogen-bond donors (Lipinski definition) is 1. The Morgan fingerprint density at radius 2 is 2.47 bits per heavy atom. The fraction of sp³-hybridized carbons (Fsp3) is 0.273. The predicted molar refractivity (Wildman–Crippen MR) is 53.9 cm³/mol. The van der Waals surface area contributed by atoms with Gasteiger partial charge in [0.05, 0.1) is 0 Å². The highest BCUT2D eigenvalue weighted by molar-refractivity contribution is 5.90. The van der Waals surface area contributed by atoms with Gasteiger partial charge in [-0.3, -0.25) is 4.79 Å². The van der Waals surface area contributed by atoms with E-state index in [0.29, 0.717) is 0 Å². The van der Waals surface area contributed by atoms with Crippen molar-refractivity contribution in [3.05, 3.63) is 29.3 Å². The summed E-state index contributed by atoms with van der Waals surface area (Å²) < 4.78 is 4.88. The normalized spacial score (nSPS) is 16.9. The molecule has 0 radical (unpaired) electrons. The summed E-state index contributed by atoms with van der Waals surface area (Å²) in [7, 11) is 0. The lowest BCUT2D eigenvalue weighted by molar-refractivity contribution is -0.114. The second-order valence-electron chi connectivity index (χ2n) is 3.46. The molecule has 1 aliphatic rings. The number of nitrogens with zero attached hydrogens (tertiary/aromatic N) is 1. The van der Waals surface area contributed by atoms with E-state index in [1.54, 1.807) is 6.26 Å². The largest absolute Gasteiger partial charge is 0.419 e. The van der Waals surface area contributed by atoms with Gasteiger partial charge >= 0.3 is 0 Å². The molecule has 1 aromatic carbocycles. The first kappa shape index (κ1) is 9.53. The molecule has 76 valence electrons. The average molecular weight is 202 g/mol. The molecular formula is C11H10N2O2. The van der Waals surface area contributed by atoms with Crippen molar-refractivity contribution in [2.75, 3.05) is 5.32 Å². The molecule has 1 aromatic rings. The van der Waals surface area contributed by atoms with Crippen LogP contribution in [0.15, 0.2) is 18.2 Å². The Morgan fingerprint density at radius 1 is 1.67 bits per heavy atom. The van der Waals surface area contributed by atoms with Crippen molar-refractivity contribution >= 4 is 11.6 Å². The number of fused-ring (bicyclic) bond motifs is 1. The third-order valence-corrected chi connectivity index (χ3v) is 2.43. The molecule has 0 spiro atoms. The molecule has 1 atom stereocenters. The lowest BCUT2D eigenvalue weighted by Gasteiger charge is -2.29. The highest BCUT2D eigenvalue weighted by Gasteiger charge is 2.30. The van der Waals surface area contributed by atoms with Gasteiger partial charge in [-0.1, -0.05) is 12.1 Å². The Kier molecular flexibility index (Phi) is 2.30. The monoisotopic (exact) mass is 202 g/mol. The van der Waals surface area contributed by atoms with Gasteiger partial charge in [0.15, 0.2) is 0 Å². The SMILES string of the molecule is CC(=O)Nc1cccc2c1C(OC#N)C2. The lowest BCUT2D eigenvalue weighted by atomic mass is 9.84. The van der Waals surface area contributed by atoms with Crippen LogP contribution in [0.2, 0.25) is 0 Å². The second-order valence-corrected chi connectivity index (χ2v) is 3.46. The van der Waals surface area contributed by atoms with Crippen LogP contribution in [0.4, 0.5) is 5.69 Å². The van der Waals surface area contributed by atoms with E-state index in [1.165, 1.54) is 6.92 Å². The molecule has 2 rings (SSSR count). The summed E-state index contributed by atoms with van der Waals surface area (Å²) in [6, 6.07) is 5.66. The third-order valence-electron chi connectivity index (χ3n) is 2.43. The van der Waals surface area contributed by atoms with E-state index in [4.69, 9.17) is 10.00 Å². The van der Waals surface area contributed by atoms with Crippen molar-refractivity contribution in [2.24, 2.45) is 0 Å². The van der Waals surface area contributed by atoms with Gasteiger partial charge in [0.2, 0.25) is 5.91 Å². The molecule has 0 saturated carbocycles. The molecule has 15 heavy (non-hydrogen) atoms. The zero-order chi connectivity index (χ0) is 10.8. The van der Waals surface area contributed by atoms with Crippen LogP contribution in [0.25, 0.3) is 0 Å². The van der Waals surface area contributed by atoms with Crippen LogP contribution in [-0.4, -0.2) is 5.91 Å². The minimum absolute atomic E-state index is 0.119. The Hall–Kier alpha value is -2.02. The highest BCUT2D eigenvalue weighted by atomic mass is 16.5. The number of rotatable bonds is 2. The lowest BCUT2D eigenvalue weighted by Crippen LogP contribution is -2.22. The summed E-state index contributed by atoms with van der Waals surface area (Å²) in [5.74, 6) is -0.119. The van der Waals surface area contributed by atoms with Crippen LogP contribution in [0.5, 0.6) is 0 Å². The van der Waals surface area contributed by atoms with Crippen molar-refractivity contribution in [2.45, 2.75) is 19.4 Å². The Morgan fingerprint density at radius 3 is 3.13 bits per heavy atom. The molecule has 0 bridgehead atoms. The fourth-order valence-electron chi connectivity index (χ4n) is 1.80. The van der Waals surface area contributed by atoms with Crippen molar-refractivity contribution in [1.29, 1.82) is 5.26 Å². The number of nitriles is 1. The summed E-state index contributed by atoms with van der Waals surface area (Å²) in [4.78, 5) is 10.9. The zero-order valence-electron chi connectivity index (χ0n) is 8.28. The Bertz CT molecular complexity index is 448. The maximum Gasteiger partial charge on any atom is 0.286 e. The summed E-state index contributed by atoms with van der Waals surface area (Å²) in [5, 5.41) is 11.2. The number of carbonyl (C=O) groups excluding carboxylic acids is 1. The minimum Gasteiger partial charge on any atom is -0.419 e. The van der Waals surface area contributed by atoms with E-state index in [9.17, 15) is 4.79 Å². The van der Waals surface area contributed by atoms with Gasteiger partial charge in [0, 0.05) is 24.6 Å². The van der Waals surface area contributed by atoms with Crippen LogP contribution in [-0.2, 0) is 16.0 Å². The number of nitrogens with one attached hydrogen (secondary N) is 1. The molecule has 1 aliphatic carbocycles. The van der Waals surface area contributed by atoms with Crippen LogP contribution in [0.3, 0.4) is 0 Å². The van der Waals surface area contributed by atoms with Gasteiger partial charge < -0.3 is 10.1 Å². The zero-order valence-corrected chi connectivity index (χ0v) is 8.28. The minimum atomic E-state index is -0.201. The number of amides is 1. The quantitative estimate of drug-likeness (QED) is 0.743. The van der Waals surface area contributed by atoms with E-state index < -0.39 is 0 Å². The van der Waals surface area contributed by atoms with Gasteiger partial charge in [0.1, 0.15) is 6.10 Å². The number of ether oxygens (including phenoxy) is 1. The van der Waals surface area contributed by atoms with Crippen LogP contribution < -0.4 is 5.32 Å². The molecule has 0 fully saturated rings. The van der Waals surface area contributed by atoms with Gasteiger partial charge in [-0.05, 0) is 11.6 Å². The van der Waals surface area contributed by atoms with Gasteiger partial charge in [-0.15, -0.1) is 0 Å². The number of anilines is 1. The topological polar surface area (TPSA) is 62.1 Å². The molecule has 1 amide bonds. The summed E-state index contributed by atoms with van der Waals surface area (Å²) in [6.45, 7) is 1.46. The predicted octanol–water partition coefficient (Wildman–Crippen LogP) is 1.74. The van der Waals surface area contributed by atoms with Crippen LogP contribution in [0.1, 0.15) is 24.2 Å². The van der Waals surface area contributed by atoms with Gasteiger partial charge in [0.25, 0.3) is 6.26 Å². The second kappa shape index (κ2) is 3.62. The molecule has 1 unspecified atom stereocenters. The first-order valence-electron chi connectivity index (χ1n) is 4.66. The van der Waals surface area contributed by atoms with Gasteiger partial charge in [-0.25, -0.2) is 0 Å². The molecule has 4 heteroatoms. The van der Waals surface area contributed by atoms with Crippen molar-refractivity contribution < 1.29 is 9.53 Å². The molecule has 1 N–H and O–H groups in total. The third kappa shape index (κ3) is 1.64. The van der Waals surface area contributed by atoms with E-state index in [1.807, 2.05) is 18.2 Å². The maximum atomic E-state index is 10.9. The number of hydrogen-bond acceptors (Lipinski definition) is 3. The summed E-state index contributed by atoms with van der Waals surface area (Å²) >= 11 is 0. The average Bonchev–Trinajstić information content (AvgIpc) is 2.13. The number of benzene rings is 1. The van der Waals surface area contributed by atoms with Crippen molar-refractivity contribution in [1.82, 2.24) is 0 Å². The smallest absolute Gasteiger partial charge is 0.286 e.